The smallest absolute Gasteiger partial charge is 0.117 e. The van der Waals surface area contributed by atoms with Gasteiger partial charge in [-0.2, -0.15) is 0 Å². The van der Waals surface area contributed by atoms with Crippen molar-refractivity contribution in [2.75, 3.05) is 11.9 Å². The molecule has 0 spiro atoms. The maximum Gasteiger partial charge on any atom is 0.117 e. The van der Waals surface area contributed by atoms with Crippen LogP contribution in [0.3, 0.4) is 0 Å². The van der Waals surface area contributed by atoms with Gasteiger partial charge in [-0.05, 0) is 25.0 Å². The number of hydrogen-bond acceptors (Lipinski definition) is 2. The maximum atomic E-state index is 9.49. The summed E-state index contributed by atoms with van der Waals surface area (Å²) < 4.78 is 0. The molecule has 0 aliphatic heterocycles. The molecule has 0 amide bonds. The molecule has 88 valence electrons. The number of benzene rings is 1. The molecule has 1 aliphatic rings. The van der Waals surface area contributed by atoms with E-state index in [1.165, 1.54) is 38.5 Å². The predicted octanol–water partition coefficient (Wildman–Crippen LogP) is 3.55. The minimum Gasteiger partial charge on any atom is -0.508 e. The van der Waals surface area contributed by atoms with Crippen molar-refractivity contribution in [3.8, 4) is 5.75 Å². The summed E-state index contributed by atoms with van der Waals surface area (Å²) in [5.74, 6) is 0.359. The average molecular weight is 219 g/mol. The van der Waals surface area contributed by atoms with Crippen LogP contribution in [0.15, 0.2) is 24.3 Å². The van der Waals surface area contributed by atoms with Gasteiger partial charge in [-0.3, -0.25) is 0 Å². The van der Waals surface area contributed by atoms with Gasteiger partial charge in [0.2, 0.25) is 0 Å². The first kappa shape index (κ1) is 11.3. The number of phenols is 1. The van der Waals surface area contributed by atoms with E-state index in [1.807, 2.05) is 12.1 Å². The number of anilines is 1. The first-order valence-corrected chi connectivity index (χ1v) is 6.29. The second-order valence-corrected chi connectivity index (χ2v) is 4.78. The molecule has 0 saturated heterocycles. The molecule has 1 aromatic carbocycles. The highest BCUT2D eigenvalue weighted by Gasteiger charge is 2.17. The minimum absolute atomic E-state index is 0.359. The molecule has 0 unspecified atom stereocenters. The zero-order chi connectivity index (χ0) is 11.4. The van der Waals surface area contributed by atoms with Crippen LogP contribution in [0.1, 0.15) is 38.5 Å². The molecule has 1 N–H and O–H groups in total. The van der Waals surface area contributed by atoms with Crippen molar-refractivity contribution < 1.29 is 5.11 Å². The molecule has 2 heteroatoms. The Bertz CT molecular complexity index is 329. The maximum absolute atomic E-state index is 9.49. The lowest BCUT2D eigenvalue weighted by Gasteiger charge is -2.29. The van der Waals surface area contributed by atoms with Gasteiger partial charge >= 0.3 is 0 Å². The summed E-state index contributed by atoms with van der Waals surface area (Å²) in [5, 5.41) is 9.49. The van der Waals surface area contributed by atoms with E-state index in [2.05, 4.69) is 18.0 Å². The van der Waals surface area contributed by atoms with Crippen molar-refractivity contribution in [2.45, 2.75) is 44.6 Å². The molecule has 1 aromatic rings. The fourth-order valence-electron chi connectivity index (χ4n) is 2.57. The SMILES string of the molecule is CN(c1cccc(O)c1)C1CCCCCC1. The zero-order valence-corrected chi connectivity index (χ0v) is 10.0. The van der Waals surface area contributed by atoms with Gasteiger partial charge in [-0.25, -0.2) is 0 Å². The number of hydrogen-bond donors (Lipinski definition) is 1. The van der Waals surface area contributed by atoms with Gasteiger partial charge in [0.1, 0.15) is 5.75 Å². The van der Waals surface area contributed by atoms with Crippen molar-refractivity contribution >= 4 is 5.69 Å². The lowest BCUT2D eigenvalue weighted by molar-refractivity contribution is 0.474. The van der Waals surface area contributed by atoms with Gasteiger partial charge < -0.3 is 10.0 Å². The van der Waals surface area contributed by atoms with Crippen molar-refractivity contribution in [1.29, 1.82) is 0 Å². The first-order valence-electron chi connectivity index (χ1n) is 6.29. The van der Waals surface area contributed by atoms with Crippen LogP contribution >= 0.6 is 0 Å². The third kappa shape index (κ3) is 2.69. The second kappa shape index (κ2) is 5.24. The Labute approximate surface area is 97.9 Å². The highest BCUT2D eigenvalue weighted by molar-refractivity contribution is 5.50. The average Bonchev–Trinajstić information content (AvgIpc) is 2.56. The molecule has 16 heavy (non-hydrogen) atoms. The summed E-state index contributed by atoms with van der Waals surface area (Å²) in [6.07, 6.45) is 8.01. The monoisotopic (exact) mass is 219 g/mol. The minimum atomic E-state index is 0.359. The summed E-state index contributed by atoms with van der Waals surface area (Å²) >= 11 is 0. The van der Waals surface area contributed by atoms with E-state index < -0.39 is 0 Å². The highest BCUT2D eigenvalue weighted by atomic mass is 16.3. The third-order valence-electron chi connectivity index (χ3n) is 3.61. The van der Waals surface area contributed by atoms with Gasteiger partial charge in [-0.1, -0.05) is 31.7 Å². The van der Waals surface area contributed by atoms with Crippen molar-refractivity contribution in [1.82, 2.24) is 0 Å². The normalized spacial score (nSPS) is 18.1. The van der Waals surface area contributed by atoms with Gasteiger partial charge in [-0.15, -0.1) is 0 Å². The van der Waals surface area contributed by atoms with Crippen LogP contribution in [0.5, 0.6) is 5.75 Å². The van der Waals surface area contributed by atoms with E-state index in [0.717, 1.165) is 5.69 Å². The molecule has 0 aromatic heterocycles. The van der Waals surface area contributed by atoms with Crippen LogP contribution in [0, 0.1) is 0 Å². The Morgan fingerprint density at radius 1 is 1.12 bits per heavy atom. The molecule has 2 rings (SSSR count). The van der Waals surface area contributed by atoms with Gasteiger partial charge in [0.05, 0.1) is 0 Å². The number of phenolic OH excluding ortho intramolecular Hbond substituents is 1. The Hall–Kier alpha value is -1.18. The highest BCUT2D eigenvalue weighted by Crippen LogP contribution is 2.27. The standard InChI is InChI=1S/C14H21NO/c1-15(12-7-4-2-3-5-8-12)13-9-6-10-14(16)11-13/h6,9-12,16H,2-5,7-8H2,1H3. The largest absolute Gasteiger partial charge is 0.508 e. The molecule has 0 radical (unpaired) electrons. The molecule has 1 saturated carbocycles. The molecular weight excluding hydrogens is 198 g/mol. The Balaban J connectivity index is 2.07. The van der Waals surface area contributed by atoms with Crippen LogP contribution < -0.4 is 4.90 Å². The van der Waals surface area contributed by atoms with Crippen LogP contribution in [-0.2, 0) is 0 Å². The van der Waals surface area contributed by atoms with Crippen molar-refractivity contribution in [2.24, 2.45) is 0 Å². The predicted molar refractivity (Wildman–Crippen MR) is 68.0 cm³/mol. The topological polar surface area (TPSA) is 23.5 Å². The van der Waals surface area contributed by atoms with E-state index in [9.17, 15) is 5.11 Å². The fourth-order valence-corrected chi connectivity index (χ4v) is 2.57. The Morgan fingerprint density at radius 3 is 2.44 bits per heavy atom. The summed E-state index contributed by atoms with van der Waals surface area (Å²) in [6, 6.07) is 8.21. The lowest BCUT2D eigenvalue weighted by atomic mass is 10.1. The molecular formula is C14H21NO. The molecule has 1 aliphatic carbocycles. The van der Waals surface area contributed by atoms with E-state index in [4.69, 9.17) is 0 Å². The fraction of sp³-hybridized carbons (Fsp3) is 0.571. The van der Waals surface area contributed by atoms with Crippen LogP contribution in [0.4, 0.5) is 5.69 Å². The molecule has 2 nitrogen and oxygen atoms in total. The Kier molecular flexibility index (Phi) is 3.70. The number of aromatic hydroxyl groups is 1. The van der Waals surface area contributed by atoms with E-state index in [1.54, 1.807) is 6.07 Å². The van der Waals surface area contributed by atoms with E-state index >= 15 is 0 Å². The summed E-state index contributed by atoms with van der Waals surface area (Å²) in [5.41, 5.74) is 1.13. The molecule has 0 heterocycles. The van der Waals surface area contributed by atoms with Crippen molar-refractivity contribution in [3.05, 3.63) is 24.3 Å². The molecule has 1 fully saturated rings. The second-order valence-electron chi connectivity index (χ2n) is 4.78. The van der Waals surface area contributed by atoms with Crippen molar-refractivity contribution in [3.63, 3.8) is 0 Å². The van der Waals surface area contributed by atoms with Crippen LogP contribution in [-0.4, -0.2) is 18.2 Å². The zero-order valence-electron chi connectivity index (χ0n) is 10.0. The van der Waals surface area contributed by atoms with Crippen LogP contribution in [0.2, 0.25) is 0 Å². The van der Waals surface area contributed by atoms with E-state index in [0.29, 0.717) is 11.8 Å². The number of rotatable bonds is 2. The lowest BCUT2D eigenvalue weighted by Crippen LogP contribution is -2.30. The number of nitrogens with zero attached hydrogens (tertiary/aromatic N) is 1. The van der Waals surface area contributed by atoms with Gasteiger partial charge in [0.25, 0.3) is 0 Å². The molecule has 0 atom stereocenters. The van der Waals surface area contributed by atoms with Gasteiger partial charge in [0.15, 0.2) is 0 Å². The summed E-state index contributed by atoms with van der Waals surface area (Å²) in [7, 11) is 2.14. The quantitative estimate of drug-likeness (QED) is 0.769. The summed E-state index contributed by atoms with van der Waals surface area (Å²) in [6.45, 7) is 0. The van der Waals surface area contributed by atoms with Crippen LogP contribution in [0.25, 0.3) is 0 Å². The third-order valence-corrected chi connectivity index (χ3v) is 3.61. The first-order chi connectivity index (χ1) is 7.77. The van der Waals surface area contributed by atoms with E-state index in [-0.39, 0.29) is 0 Å². The summed E-state index contributed by atoms with van der Waals surface area (Å²) in [4.78, 5) is 2.32. The van der Waals surface area contributed by atoms with Gasteiger partial charge in [0, 0.05) is 24.8 Å². The molecule has 0 bridgehead atoms. The Morgan fingerprint density at radius 2 is 1.81 bits per heavy atom.